The lowest BCUT2D eigenvalue weighted by Gasteiger charge is -2.28. The summed E-state index contributed by atoms with van der Waals surface area (Å²) in [5.74, 6) is -0.447. The average molecular weight is 310 g/mol. The molecule has 0 aromatic carbocycles. The molecular weight excluding hydrogens is 288 g/mol. The third-order valence-electron chi connectivity index (χ3n) is 4.03. The lowest BCUT2D eigenvalue weighted by Crippen LogP contribution is -2.37. The van der Waals surface area contributed by atoms with Gasteiger partial charge in [-0.3, -0.25) is 4.79 Å². The molecule has 21 heavy (non-hydrogen) atoms. The minimum atomic E-state index is -1.02. The highest BCUT2D eigenvalue weighted by Gasteiger charge is 2.26. The number of piperidine rings is 1. The van der Waals surface area contributed by atoms with Crippen molar-refractivity contribution in [3.63, 3.8) is 0 Å². The molecule has 1 aromatic rings. The van der Waals surface area contributed by atoms with Crippen LogP contribution in [0, 0.1) is 11.8 Å². The molecule has 5 nitrogen and oxygen atoms in total. The Morgan fingerprint density at radius 1 is 1.57 bits per heavy atom. The zero-order valence-corrected chi connectivity index (χ0v) is 13.0. The molecule has 1 saturated heterocycles. The van der Waals surface area contributed by atoms with E-state index in [1.54, 1.807) is 12.1 Å². The summed E-state index contributed by atoms with van der Waals surface area (Å²) in [4.78, 5) is 24.1. The van der Waals surface area contributed by atoms with Gasteiger partial charge in [0, 0.05) is 11.3 Å². The van der Waals surface area contributed by atoms with Crippen LogP contribution in [0.2, 0.25) is 0 Å². The normalized spacial score (nSPS) is 21.5. The smallest absolute Gasteiger partial charge is 0.331 e. The maximum atomic E-state index is 12.1. The van der Waals surface area contributed by atoms with E-state index in [1.807, 2.05) is 5.38 Å². The number of carboxylic acids is 1. The summed E-state index contributed by atoms with van der Waals surface area (Å²) < 4.78 is 0. The van der Waals surface area contributed by atoms with Gasteiger partial charge in [0.2, 0.25) is 5.91 Å². The van der Waals surface area contributed by atoms with Crippen molar-refractivity contribution in [2.24, 2.45) is 11.8 Å². The van der Waals surface area contributed by atoms with Crippen molar-refractivity contribution >= 4 is 23.2 Å². The van der Waals surface area contributed by atoms with Gasteiger partial charge in [0.15, 0.2) is 6.04 Å². The lowest BCUT2D eigenvalue weighted by atomic mass is 9.85. The van der Waals surface area contributed by atoms with Crippen LogP contribution >= 0.6 is 11.3 Å². The van der Waals surface area contributed by atoms with Crippen LogP contribution in [0.25, 0.3) is 0 Å². The summed E-state index contributed by atoms with van der Waals surface area (Å²) in [6.07, 6.45) is 2.65. The van der Waals surface area contributed by atoms with E-state index in [-0.39, 0.29) is 11.8 Å². The van der Waals surface area contributed by atoms with Crippen LogP contribution in [0.3, 0.4) is 0 Å². The van der Waals surface area contributed by atoms with Crippen molar-refractivity contribution in [1.82, 2.24) is 10.6 Å². The number of hydrogen-bond donors (Lipinski definition) is 3. The Bertz CT molecular complexity index is 469. The quantitative estimate of drug-likeness (QED) is 0.751. The first-order valence-corrected chi connectivity index (χ1v) is 8.22. The fourth-order valence-electron chi connectivity index (χ4n) is 2.75. The van der Waals surface area contributed by atoms with E-state index in [2.05, 4.69) is 17.6 Å². The average Bonchev–Trinajstić information content (AvgIpc) is 2.99. The molecule has 3 unspecified atom stereocenters. The van der Waals surface area contributed by atoms with Gasteiger partial charge in [-0.2, -0.15) is 0 Å². The first-order chi connectivity index (χ1) is 10.1. The number of thiophene rings is 1. The minimum absolute atomic E-state index is 0.186. The van der Waals surface area contributed by atoms with Gasteiger partial charge in [-0.15, -0.1) is 11.3 Å². The Hall–Kier alpha value is -1.40. The van der Waals surface area contributed by atoms with E-state index in [1.165, 1.54) is 11.3 Å². The standard InChI is InChI=1S/C15H22N2O3S/c1-10(11-4-2-6-16-9-11)8-13(18)17-14(15(19)20)12-5-3-7-21-12/h3,5,7,10-11,14,16H,2,4,6,8-9H2,1H3,(H,17,18)(H,19,20). The molecule has 0 spiro atoms. The maximum absolute atomic E-state index is 12.1. The molecule has 0 radical (unpaired) electrons. The largest absolute Gasteiger partial charge is 0.479 e. The minimum Gasteiger partial charge on any atom is -0.479 e. The number of carboxylic acid groups (broad SMARTS) is 1. The van der Waals surface area contributed by atoms with E-state index in [0.717, 1.165) is 25.9 Å². The molecule has 3 atom stereocenters. The van der Waals surface area contributed by atoms with Gasteiger partial charge >= 0.3 is 5.97 Å². The lowest BCUT2D eigenvalue weighted by molar-refractivity contribution is -0.142. The first-order valence-electron chi connectivity index (χ1n) is 7.34. The number of nitrogens with one attached hydrogen (secondary N) is 2. The van der Waals surface area contributed by atoms with Crippen LogP contribution in [0.15, 0.2) is 17.5 Å². The van der Waals surface area contributed by atoms with Crippen molar-refractivity contribution in [2.75, 3.05) is 13.1 Å². The van der Waals surface area contributed by atoms with E-state index >= 15 is 0 Å². The number of amides is 1. The number of hydrogen-bond acceptors (Lipinski definition) is 4. The highest BCUT2D eigenvalue weighted by atomic mass is 32.1. The zero-order chi connectivity index (χ0) is 15.2. The molecule has 3 N–H and O–H groups in total. The van der Waals surface area contributed by atoms with Crippen molar-refractivity contribution < 1.29 is 14.7 Å². The summed E-state index contributed by atoms with van der Waals surface area (Å²) in [7, 11) is 0. The second kappa shape index (κ2) is 7.56. The van der Waals surface area contributed by atoms with Gasteiger partial charge in [0.25, 0.3) is 0 Å². The number of rotatable bonds is 6. The van der Waals surface area contributed by atoms with Gasteiger partial charge in [-0.1, -0.05) is 13.0 Å². The molecular formula is C15H22N2O3S. The van der Waals surface area contributed by atoms with Crippen LogP contribution < -0.4 is 10.6 Å². The molecule has 1 fully saturated rings. The van der Waals surface area contributed by atoms with E-state index < -0.39 is 12.0 Å². The molecule has 2 heterocycles. The zero-order valence-electron chi connectivity index (χ0n) is 12.2. The molecule has 0 aliphatic carbocycles. The number of carbonyl (C=O) groups is 2. The van der Waals surface area contributed by atoms with Gasteiger partial charge < -0.3 is 15.7 Å². The summed E-state index contributed by atoms with van der Waals surface area (Å²) in [5, 5.41) is 17.1. The Labute approximate surface area is 128 Å². The third-order valence-corrected chi connectivity index (χ3v) is 4.96. The molecule has 0 saturated carbocycles. The Balaban J connectivity index is 1.88. The van der Waals surface area contributed by atoms with Crippen LogP contribution in [0.1, 0.15) is 37.1 Å². The number of aliphatic carboxylic acids is 1. The predicted octanol–water partition coefficient (Wildman–Crippen LogP) is 2.02. The van der Waals surface area contributed by atoms with Gasteiger partial charge in [0.1, 0.15) is 0 Å². The number of carbonyl (C=O) groups excluding carboxylic acids is 1. The molecule has 1 aromatic heterocycles. The fraction of sp³-hybridized carbons (Fsp3) is 0.600. The molecule has 116 valence electrons. The van der Waals surface area contributed by atoms with E-state index in [9.17, 15) is 14.7 Å². The maximum Gasteiger partial charge on any atom is 0.331 e. The van der Waals surface area contributed by atoms with Crippen LogP contribution in [-0.4, -0.2) is 30.1 Å². The van der Waals surface area contributed by atoms with Gasteiger partial charge in [-0.05, 0) is 49.2 Å². The van der Waals surface area contributed by atoms with Crippen molar-refractivity contribution in [3.8, 4) is 0 Å². The highest BCUT2D eigenvalue weighted by Crippen LogP contribution is 2.24. The summed E-state index contributed by atoms with van der Waals surface area (Å²) in [5.41, 5.74) is 0. The third kappa shape index (κ3) is 4.54. The summed E-state index contributed by atoms with van der Waals surface area (Å²) >= 11 is 1.34. The second-order valence-electron chi connectivity index (χ2n) is 5.64. The molecule has 1 aliphatic heterocycles. The van der Waals surface area contributed by atoms with Crippen LogP contribution in [0.4, 0.5) is 0 Å². The van der Waals surface area contributed by atoms with Crippen molar-refractivity contribution in [3.05, 3.63) is 22.4 Å². The second-order valence-corrected chi connectivity index (χ2v) is 6.62. The van der Waals surface area contributed by atoms with Gasteiger partial charge in [0.05, 0.1) is 0 Å². The summed E-state index contributed by atoms with van der Waals surface area (Å²) in [6.45, 7) is 4.06. The van der Waals surface area contributed by atoms with Crippen molar-refractivity contribution in [2.45, 2.75) is 32.2 Å². The van der Waals surface area contributed by atoms with E-state index in [0.29, 0.717) is 17.2 Å². The summed E-state index contributed by atoms with van der Waals surface area (Å²) in [6, 6.07) is 2.59. The molecule has 0 bridgehead atoms. The highest BCUT2D eigenvalue weighted by molar-refractivity contribution is 7.10. The Kier molecular flexibility index (Phi) is 5.76. The van der Waals surface area contributed by atoms with Crippen LogP contribution in [-0.2, 0) is 9.59 Å². The molecule has 1 amide bonds. The SMILES string of the molecule is CC(CC(=O)NC(C(=O)O)c1cccs1)C1CCCNC1. The van der Waals surface area contributed by atoms with E-state index in [4.69, 9.17) is 0 Å². The Morgan fingerprint density at radius 3 is 2.95 bits per heavy atom. The van der Waals surface area contributed by atoms with Gasteiger partial charge in [-0.25, -0.2) is 4.79 Å². The molecule has 2 rings (SSSR count). The molecule has 6 heteroatoms. The monoisotopic (exact) mass is 310 g/mol. The molecule has 1 aliphatic rings. The Morgan fingerprint density at radius 2 is 2.38 bits per heavy atom. The van der Waals surface area contributed by atoms with Crippen molar-refractivity contribution in [1.29, 1.82) is 0 Å². The topological polar surface area (TPSA) is 78.4 Å². The van der Waals surface area contributed by atoms with Crippen LogP contribution in [0.5, 0.6) is 0 Å². The first kappa shape index (κ1) is 16.0. The fourth-order valence-corrected chi connectivity index (χ4v) is 3.52. The predicted molar refractivity (Wildman–Crippen MR) is 82.2 cm³/mol.